The predicted octanol–water partition coefficient (Wildman–Crippen LogP) is 3.37. The Hall–Kier alpha value is -2.44. The van der Waals surface area contributed by atoms with E-state index in [1.165, 1.54) is 18.6 Å². The molecule has 110 valence electrons. The van der Waals surface area contributed by atoms with Crippen LogP contribution < -0.4 is 0 Å². The van der Waals surface area contributed by atoms with Gasteiger partial charge in [0.1, 0.15) is 10.6 Å². The van der Waals surface area contributed by atoms with Crippen LogP contribution in [0.25, 0.3) is 11.5 Å². The summed E-state index contributed by atoms with van der Waals surface area (Å²) in [5.74, 6) is -0.104. The Kier molecular flexibility index (Phi) is 3.55. The molecule has 3 rings (SSSR count). The van der Waals surface area contributed by atoms with E-state index in [-0.39, 0.29) is 17.7 Å². The Morgan fingerprint density at radius 1 is 1.33 bits per heavy atom. The Balaban J connectivity index is 1.95. The lowest BCUT2D eigenvalue weighted by Gasteiger charge is -2.21. The number of hydrogen-bond acceptors (Lipinski definition) is 5. The molecule has 2 aromatic rings. The summed E-state index contributed by atoms with van der Waals surface area (Å²) < 4.78 is 6.94. The third-order valence-corrected chi connectivity index (χ3v) is 3.84. The maximum Gasteiger partial charge on any atom is 0.433 e. The molecule has 0 spiro atoms. The first-order valence-corrected chi connectivity index (χ1v) is 6.98. The monoisotopic (exact) mass is 289 g/mol. The first-order valence-electron chi connectivity index (χ1n) is 6.98. The molecule has 0 amide bonds. The molecule has 0 unspecified atom stereocenters. The van der Waals surface area contributed by atoms with E-state index in [1.54, 1.807) is 10.9 Å². The Morgan fingerprint density at radius 2 is 2.10 bits per heavy atom. The number of aromatic nitrogens is 2. The second-order valence-corrected chi connectivity index (χ2v) is 5.22. The fourth-order valence-electron chi connectivity index (χ4n) is 2.77. The van der Waals surface area contributed by atoms with Crippen LogP contribution in [0.5, 0.6) is 0 Å². The van der Waals surface area contributed by atoms with E-state index in [9.17, 15) is 14.9 Å². The zero-order valence-corrected chi connectivity index (χ0v) is 11.4. The lowest BCUT2D eigenvalue weighted by Crippen LogP contribution is -2.13. The summed E-state index contributed by atoms with van der Waals surface area (Å²) in [5.41, 5.74) is 0.758. The molecule has 0 aromatic carbocycles. The van der Waals surface area contributed by atoms with Crippen LogP contribution in [0.15, 0.2) is 22.7 Å². The van der Waals surface area contributed by atoms with Gasteiger partial charge in [-0.2, -0.15) is 5.10 Å². The van der Waals surface area contributed by atoms with Crippen LogP contribution >= 0.6 is 0 Å². The molecule has 7 heteroatoms. The van der Waals surface area contributed by atoms with Gasteiger partial charge in [-0.15, -0.1) is 0 Å². The van der Waals surface area contributed by atoms with Crippen molar-refractivity contribution in [3.8, 4) is 11.5 Å². The fraction of sp³-hybridized carbons (Fsp3) is 0.429. The number of hydrogen-bond donors (Lipinski definition) is 0. The first-order chi connectivity index (χ1) is 10.2. The average molecular weight is 289 g/mol. The molecular formula is C14H15N3O4. The second-order valence-electron chi connectivity index (χ2n) is 5.22. The molecule has 0 N–H and O–H groups in total. The molecule has 0 saturated heterocycles. The maximum absolute atomic E-state index is 11.2. The highest BCUT2D eigenvalue weighted by Crippen LogP contribution is 2.31. The van der Waals surface area contributed by atoms with Crippen molar-refractivity contribution in [3.63, 3.8) is 0 Å². The molecule has 0 aliphatic heterocycles. The number of aldehydes is 1. The maximum atomic E-state index is 11.2. The van der Waals surface area contributed by atoms with Crippen LogP contribution in [0.3, 0.4) is 0 Å². The first kappa shape index (κ1) is 13.5. The quantitative estimate of drug-likeness (QED) is 0.489. The topological polar surface area (TPSA) is 91.2 Å². The minimum Gasteiger partial charge on any atom is -0.399 e. The van der Waals surface area contributed by atoms with E-state index in [4.69, 9.17) is 4.42 Å². The van der Waals surface area contributed by atoms with Crippen molar-refractivity contribution in [2.24, 2.45) is 0 Å². The molecule has 7 nitrogen and oxygen atoms in total. The van der Waals surface area contributed by atoms with Gasteiger partial charge in [-0.05, 0) is 18.9 Å². The zero-order valence-electron chi connectivity index (χ0n) is 11.4. The Bertz CT molecular complexity index is 668. The molecular weight excluding hydrogens is 274 g/mol. The zero-order chi connectivity index (χ0) is 14.8. The van der Waals surface area contributed by atoms with Gasteiger partial charge in [0, 0.05) is 6.20 Å². The summed E-state index contributed by atoms with van der Waals surface area (Å²) in [6.07, 6.45) is 8.03. The number of rotatable bonds is 4. The smallest absolute Gasteiger partial charge is 0.399 e. The van der Waals surface area contributed by atoms with Crippen molar-refractivity contribution in [2.75, 3.05) is 0 Å². The molecule has 0 radical (unpaired) electrons. The van der Waals surface area contributed by atoms with E-state index >= 15 is 0 Å². The normalized spacial score (nSPS) is 16.0. The molecule has 0 atom stereocenters. The minimum absolute atomic E-state index is 0.248. The van der Waals surface area contributed by atoms with Crippen LogP contribution in [0.4, 0.5) is 5.88 Å². The van der Waals surface area contributed by atoms with Gasteiger partial charge in [0.2, 0.25) is 0 Å². The molecule has 1 fully saturated rings. The molecule has 2 heterocycles. The SMILES string of the molecule is O=Cc1cn(C2CCCCC2)nc1-c1ccc([N+](=O)[O-])o1. The highest BCUT2D eigenvalue weighted by molar-refractivity contribution is 5.84. The number of carbonyl (C=O) groups excluding carboxylic acids is 1. The minimum atomic E-state index is -0.609. The summed E-state index contributed by atoms with van der Waals surface area (Å²) >= 11 is 0. The molecule has 1 saturated carbocycles. The van der Waals surface area contributed by atoms with Gasteiger partial charge in [0.05, 0.1) is 17.7 Å². The molecule has 1 aliphatic carbocycles. The van der Waals surface area contributed by atoms with Crippen LogP contribution in [-0.4, -0.2) is 21.0 Å². The van der Waals surface area contributed by atoms with Crippen molar-refractivity contribution in [1.29, 1.82) is 0 Å². The lowest BCUT2D eigenvalue weighted by molar-refractivity contribution is -0.401. The van der Waals surface area contributed by atoms with Gasteiger partial charge in [0.15, 0.2) is 12.0 Å². The average Bonchev–Trinajstić information content (AvgIpc) is 3.14. The number of nitro groups is 1. The van der Waals surface area contributed by atoms with Gasteiger partial charge in [-0.3, -0.25) is 19.6 Å². The van der Waals surface area contributed by atoms with E-state index in [1.807, 2.05) is 0 Å². The van der Waals surface area contributed by atoms with E-state index in [2.05, 4.69) is 5.10 Å². The van der Waals surface area contributed by atoms with E-state index in [0.717, 1.165) is 25.7 Å². The van der Waals surface area contributed by atoms with Gasteiger partial charge in [0.25, 0.3) is 0 Å². The molecule has 2 aromatic heterocycles. The van der Waals surface area contributed by atoms with Crippen LogP contribution in [0.1, 0.15) is 48.5 Å². The van der Waals surface area contributed by atoms with Gasteiger partial charge in [-0.25, -0.2) is 0 Å². The standard InChI is InChI=1S/C14H15N3O4/c18-9-10-8-16(11-4-2-1-3-5-11)15-14(10)12-6-7-13(21-12)17(19)20/h6-9,11H,1-5H2. The summed E-state index contributed by atoms with van der Waals surface area (Å²) in [4.78, 5) is 21.3. The van der Waals surface area contributed by atoms with Crippen molar-refractivity contribution in [1.82, 2.24) is 9.78 Å². The molecule has 0 bridgehead atoms. The van der Waals surface area contributed by atoms with Crippen molar-refractivity contribution in [3.05, 3.63) is 34.0 Å². The predicted molar refractivity (Wildman–Crippen MR) is 74.1 cm³/mol. The highest BCUT2D eigenvalue weighted by Gasteiger charge is 2.22. The van der Waals surface area contributed by atoms with Crippen LogP contribution in [-0.2, 0) is 0 Å². The van der Waals surface area contributed by atoms with Crippen LogP contribution in [0, 0.1) is 10.1 Å². The largest absolute Gasteiger partial charge is 0.433 e. The summed E-state index contributed by atoms with van der Waals surface area (Å²) in [7, 11) is 0. The van der Waals surface area contributed by atoms with Crippen molar-refractivity contribution in [2.45, 2.75) is 38.1 Å². The summed E-state index contributed by atoms with van der Waals surface area (Å²) in [6, 6.07) is 3.03. The number of furan rings is 1. The third-order valence-electron chi connectivity index (χ3n) is 3.84. The Labute approximate surface area is 120 Å². The number of carbonyl (C=O) groups is 1. The van der Waals surface area contributed by atoms with Crippen molar-refractivity contribution < 1.29 is 14.1 Å². The van der Waals surface area contributed by atoms with Crippen molar-refractivity contribution >= 4 is 12.2 Å². The van der Waals surface area contributed by atoms with Gasteiger partial charge >= 0.3 is 5.88 Å². The van der Waals surface area contributed by atoms with Gasteiger partial charge < -0.3 is 4.42 Å². The molecule has 1 aliphatic rings. The van der Waals surface area contributed by atoms with Crippen LogP contribution in [0.2, 0.25) is 0 Å². The summed E-state index contributed by atoms with van der Waals surface area (Å²) in [6.45, 7) is 0. The molecule has 21 heavy (non-hydrogen) atoms. The van der Waals surface area contributed by atoms with E-state index in [0.29, 0.717) is 17.5 Å². The van der Waals surface area contributed by atoms with E-state index < -0.39 is 4.92 Å². The third kappa shape index (κ3) is 2.58. The van der Waals surface area contributed by atoms with Gasteiger partial charge in [-0.1, -0.05) is 19.3 Å². The highest BCUT2D eigenvalue weighted by atomic mass is 16.6. The fourth-order valence-corrected chi connectivity index (χ4v) is 2.77. The second kappa shape index (κ2) is 5.51. The Morgan fingerprint density at radius 3 is 2.71 bits per heavy atom. The lowest BCUT2D eigenvalue weighted by atomic mass is 9.96. The summed E-state index contributed by atoms with van der Waals surface area (Å²) in [5, 5.41) is 15.1. The number of nitrogens with zero attached hydrogens (tertiary/aromatic N) is 3.